The van der Waals surface area contributed by atoms with E-state index < -0.39 is 5.97 Å². The Morgan fingerprint density at radius 1 is 1.58 bits per heavy atom. The second kappa shape index (κ2) is 5.86. The van der Waals surface area contributed by atoms with Crippen molar-refractivity contribution in [1.29, 1.82) is 0 Å². The molecule has 1 aromatic heterocycles. The molecule has 2 heterocycles. The fourth-order valence-corrected chi connectivity index (χ4v) is 2.24. The Morgan fingerprint density at radius 3 is 3.05 bits per heavy atom. The van der Waals surface area contributed by atoms with Gasteiger partial charge in [0.1, 0.15) is 0 Å². The van der Waals surface area contributed by atoms with Crippen molar-refractivity contribution in [2.24, 2.45) is 5.92 Å². The van der Waals surface area contributed by atoms with Gasteiger partial charge in [-0.1, -0.05) is 0 Å². The molecular weight excluding hydrogens is 246 g/mol. The maximum atomic E-state index is 10.7. The van der Waals surface area contributed by atoms with Crippen molar-refractivity contribution in [3.63, 3.8) is 0 Å². The summed E-state index contributed by atoms with van der Waals surface area (Å²) in [5.41, 5.74) is 0. The molecule has 0 aromatic carbocycles. The van der Waals surface area contributed by atoms with E-state index in [0.717, 1.165) is 18.8 Å². The molecule has 0 bridgehead atoms. The van der Waals surface area contributed by atoms with Crippen LogP contribution in [-0.2, 0) is 4.79 Å². The van der Waals surface area contributed by atoms with E-state index in [9.17, 15) is 4.79 Å². The lowest BCUT2D eigenvalue weighted by Crippen LogP contribution is -2.22. The molecule has 6 heteroatoms. The first-order chi connectivity index (χ1) is 9.04. The summed E-state index contributed by atoms with van der Waals surface area (Å²) in [6.45, 7) is 5.41. The van der Waals surface area contributed by atoms with E-state index in [0.29, 0.717) is 12.4 Å². The largest absolute Gasteiger partial charge is 0.481 e. The third-order valence-electron chi connectivity index (χ3n) is 3.03. The van der Waals surface area contributed by atoms with Crippen LogP contribution in [0.15, 0.2) is 12.4 Å². The summed E-state index contributed by atoms with van der Waals surface area (Å²) in [7, 11) is 0. The predicted molar refractivity (Wildman–Crippen MR) is 70.4 cm³/mol. The van der Waals surface area contributed by atoms with Crippen LogP contribution >= 0.6 is 0 Å². The molecule has 1 aliphatic rings. The van der Waals surface area contributed by atoms with Gasteiger partial charge in [0, 0.05) is 19.5 Å². The molecule has 0 amide bonds. The fourth-order valence-electron chi connectivity index (χ4n) is 2.24. The van der Waals surface area contributed by atoms with Crippen LogP contribution in [0, 0.1) is 5.92 Å². The molecular formula is C13H19N3O3. The molecule has 1 N–H and O–H groups in total. The first-order valence-electron chi connectivity index (χ1n) is 6.50. The number of carboxylic acid groups (broad SMARTS) is 1. The summed E-state index contributed by atoms with van der Waals surface area (Å²) in [5.74, 6) is 0.712. The van der Waals surface area contributed by atoms with Crippen molar-refractivity contribution in [3.05, 3.63) is 12.4 Å². The van der Waals surface area contributed by atoms with Crippen LogP contribution < -0.4 is 9.64 Å². The first kappa shape index (κ1) is 13.6. The number of ether oxygens (including phenoxy) is 1. The fraction of sp³-hybridized carbons (Fsp3) is 0.615. The van der Waals surface area contributed by atoms with Gasteiger partial charge in [0.15, 0.2) is 5.82 Å². The lowest BCUT2D eigenvalue weighted by Gasteiger charge is -2.18. The van der Waals surface area contributed by atoms with Crippen LogP contribution in [-0.4, -0.2) is 40.2 Å². The monoisotopic (exact) mass is 265 g/mol. The van der Waals surface area contributed by atoms with Crippen molar-refractivity contribution in [2.45, 2.75) is 32.8 Å². The molecule has 2 rings (SSSR count). The Morgan fingerprint density at radius 2 is 2.37 bits per heavy atom. The Bertz CT molecular complexity index is 451. The van der Waals surface area contributed by atoms with E-state index in [2.05, 4.69) is 14.9 Å². The van der Waals surface area contributed by atoms with Gasteiger partial charge in [-0.3, -0.25) is 9.78 Å². The maximum absolute atomic E-state index is 10.7. The van der Waals surface area contributed by atoms with Gasteiger partial charge >= 0.3 is 5.97 Å². The van der Waals surface area contributed by atoms with Gasteiger partial charge in [0.05, 0.1) is 18.5 Å². The third-order valence-corrected chi connectivity index (χ3v) is 3.03. The Kier molecular flexibility index (Phi) is 4.19. The number of aromatic nitrogens is 2. The molecule has 1 aromatic rings. The van der Waals surface area contributed by atoms with Crippen LogP contribution in [0.25, 0.3) is 0 Å². The average Bonchev–Trinajstić information content (AvgIpc) is 2.76. The summed E-state index contributed by atoms with van der Waals surface area (Å²) < 4.78 is 5.51. The molecule has 1 aliphatic heterocycles. The van der Waals surface area contributed by atoms with Gasteiger partial charge in [0.25, 0.3) is 0 Å². The highest BCUT2D eigenvalue weighted by atomic mass is 16.5. The zero-order chi connectivity index (χ0) is 13.8. The zero-order valence-corrected chi connectivity index (χ0v) is 11.2. The van der Waals surface area contributed by atoms with Gasteiger partial charge in [-0.25, -0.2) is 0 Å². The van der Waals surface area contributed by atoms with Gasteiger partial charge in [0.2, 0.25) is 5.88 Å². The number of carbonyl (C=O) groups is 1. The molecule has 1 unspecified atom stereocenters. The van der Waals surface area contributed by atoms with Gasteiger partial charge in [-0.15, -0.1) is 0 Å². The number of rotatable bonds is 5. The molecule has 0 radical (unpaired) electrons. The topological polar surface area (TPSA) is 75.5 Å². The van der Waals surface area contributed by atoms with Crippen LogP contribution in [0.4, 0.5) is 5.82 Å². The highest BCUT2D eigenvalue weighted by Crippen LogP contribution is 2.25. The number of hydrogen-bond acceptors (Lipinski definition) is 5. The Labute approximate surface area is 112 Å². The molecule has 6 nitrogen and oxygen atoms in total. The SMILES string of the molecule is CC(C)Oc1cncc(N2CCC(CC(=O)O)C2)n1. The second-order valence-corrected chi connectivity index (χ2v) is 5.08. The molecule has 19 heavy (non-hydrogen) atoms. The van der Waals surface area contributed by atoms with E-state index in [1.54, 1.807) is 12.4 Å². The summed E-state index contributed by atoms with van der Waals surface area (Å²) in [5, 5.41) is 8.81. The van der Waals surface area contributed by atoms with E-state index in [1.807, 2.05) is 13.8 Å². The van der Waals surface area contributed by atoms with Crippen molar-refractivity contribution >= 4 is 11.8 Å². The van der Waals surface area contributed by atoms with Crippen LogP contribution in [0.2, 0.25) is 0 Å². The van der Waals surface area contributed by atoms with Crippen molar-refractivity contribution in [1.82, 2.24) is 9.97 Å². The molecule has 104 valence electrons. The molecule has 0 saturated carbocycles. The molecule has 0 aliphatic carbocycles. The number of hydrogen-bond donors (Lipinski definition) is 1. The van der Waals surface area contributed by atoms with E-state index >= 15 is 0 Å². The van der Waals surface area contributed by atoms with E-state index in [4.69, 9.17) is 9.84 Å². The van der Waals surface area contributed by atoms with Crippen LogP contribution in [0.3, 0.4) is 0 Å². The van der Waals surface area contributed by atoms with Gasteiger partial charge < -0.3 is 14.7 Å². The molecule has 1 fully saturated rings. The number of nitrogens with zero attached hydrogens (tertiary/aromatic N) is 3. The normalized spacial score (nSPS) is 18.9. The molecule has 1 atom stereocenters. The minimum absolute atomic E-state index is 0.0582. The lowest BCUT2D eigenvalue weighted by molar-refractivity contribution is -0.137. The van der Waals surface area contributed by atoms with Crippen LogP contribution in [0.5, 0.6) is 5.88 Å². The predicted octanol–water partition coefficient (Wildman–Crippen LogP) is 1.56. The smallest absolute Gasteiger partial charge is 0.303 e. The first-order valence-corrected chi connectivity index (χ1v) is 6.50. The summed E-state index contributed by atoms with van der Waals surface area (Å²) in [4.78, 5) is 21.3. The third kappa shape index (κ3) is 3.81. The second-order valence-electron chi connectivity index (χ2n) is 5.08. The zero-order valence-electron chi connectivity index (χ0n) is 11.2. The number of carboxylic acids is 1. The minimum atomic E-state index is -0.741. The minimum Gasteiger partial charge on any atom is -0.481 e. The van der Waals surface area contributed by atoms with E-state index in [1.165, 1.54) is 0 Å². The standard InChI is InChI=1S/C13H19N3O3/c1-9(2)19-12-7-14-6-11(15-12)16-4-3-10(8-16)5-13(17)18/h6-7,9-10H,3-5,8H2,1-2H3,(H,17,18). The van der Waals surface area contributed by atoms with Crippen molar-refractivity contribution in [2.75, 3.05) is 18.0 Å². The highest BCUT2D eigenvalue weighted by Gasteiger charge is 2.25. The molecule has 0 spiro atoms. The Hall–Kier alpha value is -1.85. The van der Waals surface area contributed by atoms with Crippen molar-refractivity contribution in [3.8, 4) is 5.88 Å². The number of anilines is 1. The summed E-state index contributed by atoms with van der Waals surface area (Å²) in [6.07, 6.45) is 4.43. The van der Waals surface area contributed by atoms with Gasteiger partial charge in [-0.2, -0.15) is 4.98 Å². The van der Waals surface area contributed by atoms with Gasteiger partial charge in [-0.05, 0) is 26.2 Å². The highest BCUT2D eigenvalue weighted by molar-refractivity contribution is 5.67. The van der Waals surface area contributed by atoms with Crippen molar-refractivity contribution < 1.29 is 14.6 Å². The quantitative estimate of drug-likeness (QED) is 0.870. The van der Waals surface area contributed by atoms with Crippen LogP contribution in [0.1, 0.15) is 26.7 Å². The molecule has 1 saturated heterocycles. The van der Waals surface area contributed by atoms with E-state index in [-0.39, 0.29) is 18.4 Å². The maximum Gasteiger partial charge on any atom is 0.303 e. The average molecular weight is 265 g/mol. The number of aliphatic carboxylic acids is 1. The Balaban J connectivity index is 2.00. The summed E-state index contributed by atoms with van der Waals surface area (Å²) in [6, 6.07) is 0. The lowest BCUT2D eigenvalue weighted by atomic mass is 10.1. The summed E-state index contributed by atoms with van der Waals surface area (Å²) >= 11 is 0.